The standard InChI is InChI=1S/C12H19N3O/c1-12(2,7-16)15-8-14-6-11(15)9-3-4-10(13)5-9/h3,6,8,10,16H,4-5,7,13H2,1-2H3. The van der Waals surface area contributed by atoms with E-state index < -0.39 is 0 Å². The summed E-state index contributed by atoms with van der Waals surface area (Å²) in [5.74, 6) is 0. The zero-order valence-corrected chi connectivity index (χ0v) is 9.85. The van der Waals surface area contributed by atoms with Gasteiger partial charge in [-0.25, -0.2) is 4.98 Å². The van der Waals surface area contributed by atoms with Gasteiger partial charge in [0, 0.05) is 6.04 Å². The Labute approximate surface area is 95.8 Å². The molecule has 0 radical (unpaired) electrons. The summed E-state index contributed by atoms with van der Waals surface area (Å²) in [6.45, 7) is 4.08. The van der Waals surface area contributed by atoms with Gasteiger partial charge < -0.3 is 15.4 Å². The lowest BCUT2D eigenvalue weighted by atomic mass is 10.0. The monoisotopic (exact) mass is 221 g/mol. The van der Waals surface area contributed by atoms with E-state index in [0.29, 0.717) is 0 Å². The molecule has 1 aromatic heterocycles. The predicted molar refractivity (Wildman–Crippen MR) is 63.8 cm³/mol. The van der Waals surface area contributed by atoms with Crippen LogP contribution in [0.15, 0.2) is 18.6 Å². The lowest BCUT2D eigenvalue weighted by molar-refractivity contribution is 0.163. The van der Waals surface area contributed by atoms with Gasteiger partial charge in [-0.1, -0.05) is 6.08 Å². The number of imidazole rings is 1. The highest BCUT2D eigenvalue weighted by Crippen LogP contribution is 2.29. The number of hydrogen-bond donors (Lipinski definition) is 2. The molecule has 4 nitrogen and oxygen atoms in total. The summed E-state index contributed by atoms with van der Waals surface area (Å²) < 4.78 is 2.02. The Bertz CT molecular complexity index is 406. The van der Waals surface area contributed by atoms with Crippen molar-refractivity contribution in [2.75, 3.05) is 6.61 Å². The Balaban J connectivity index is 2.33. The van der Waals surface area contributed by atoms with E-state index in [1.807, 2.05) is 24.6 Å². The van der Waals surface area contributed by atoms with E-state index in [0.717, 1.165) is 18.5 Å². The van der Waals surface area contributed by atoms with Crippen LogP contribution in [-0.4, -0.2) is 27.3 Å². The van der Waals surface area contributed by atoms with Gasteiger partial charge in [-0.2, -0.15) is 0 Å². The fourth-order valence-electron chi connectivity index (χ4n) is 2.04. The molecule has 1 unspecified atom stereocenters. The minimum Gasteiger partial charge on any atom is -0.394 e. The highest BCUT2D eigenvalue weighted by atomic mass is 16.3. The van der Waals surface area contributed by atoms with Gasteiger partial charge in [0.1, 0.15) is 0 Å². The summed E-state index contributed by atoms with van der Waals surface area (Å²) in [5, 5.41) is 9.39. The van der Waals surface area contributed by atoms with Crippen LogP contribution in [0, 0.1) is 0 Å². The lowest BCUT2D eigenvalue weighted by Gasteiger charge is -2.26. The van der Waals surface area contributed by atoms with Crippen molar-refractivity contribution in [1.29, 1.82) is 0 Å². The van der Waals surface area contributed by atoms with Gasteiger partial charge >= 0.3 is 0 Å². The number of nitrogens with two attached hydrogens (primary N) is 1. The van der Waals surface area contributed by atoms with Gasteiger partial charge in [0.2, 0.25) is 0 Å². The molecule has 0 aromatic carbocycles. The zero-order chi connectivity index (χ0) is 11.8. The van der Waals surface area contributed by atoms with Crippen LogP contribution in [0.5, 0.6) is 0 Å². The first-order valence-corrected chi connectivity index (χ1v) is 5.63. The fourth-order valence-corrected chi connectivity index (χ4v) is 2.04. The summed E-state index contributed by atoms with van der Waals surface area (Å²) in [6.07, 6.45) is 7.62. The van der Waals surface area contributed by atoms with Gasteiger partial charge in [-0.3, -0.25) is 0 Å². The molecule has 1 heterocycles. The Morgan fingerprint density at radius 3 is 2.94 bits per heavy atom. The highest BCUT2D eigenvalue weighted by Gasteiger charge is 2.25. The Morgan fingerprint density at radius 1 is 1.62 bits per heavy atom. The molecule has 1 atom stereocenters. The zero-order valence-electron chi connectivity index (χ0n) is 9.85. The van der Waals surface area contributed by atoms with Crippen LogP contribution in [0.4, 0.5) is 0 Å². The number of aliphatic hydroxyl groups is 1. The molecule has 3 N–H and O–H groups in total. The van der Waals surface area contributed by atoms with Crippen molar-refractivity contribution >= 4 is 5.57 Å². The Morgan fingerprint density at radius 2 is 2.38 bits per heavy atom. The smallest absolute Gasteiger partial charge is 0.0956 e. The summed E-state index contributed by atoms with van der Waals surface area (Å²) in [6, 6.07) is 0.232. The summed E-state index contributed by atoms with van der Waals surface area (Å²) in [7, 11) is 0. The van der Waals surface area contributed by atoms with E-state index in [1.165, 1.54) is 5.57 Å². The average Bonchev–Trinajstić information content (AvgIpc) is 2.85. The maximum atomic E-state index is 9.39. The largest absolute Gasteiger partial charge is 0.394 e. The Kier molecular flexibility index (Phi) is 2.86. The van der Waals surface area contributed by atoms with Gasteiger partial charge in [-0.05, 0) is 32.3 Å². The van der Waals surface area contributed by atoms with E-state index >= 15 is 0 Å². The molecule has 0 aliphatic heterocycles. The van der Waals surface area contributed by atoms with Crippen molar-refractivity contribution in [3.05, 3.63) is 24.3 Å². The molecule has 0 bridgehead atoms. The molecular weight excluding hydrogens is 202 g/mol. The molecule has 2 rings (SSSR count). The molecule has 16 heavy (non-hydrogen) atoms. The van der Waals surface area contributed by atoms with Crippen LogP contribution in [-0.2, 0) is 5.54 Å². The van der Waals surface area contributed by atoms with Crippen LogP contribution in [0.25, 0.3) is 5.57 Å². The van der Waals surface area contributed by atoms with Gasteiger partial charge in [0.05, 0.1) is 30.4 Å². The number of nitrogens with zero attached hydrogens (tertiary/aromatic N) is 2. The van der Waals surface area contributed by atoms with Crippen molar-refractivity contribution in [1.82, 2.24) is 9.55 Å². The predicted octanol–water partition coefficient (Wildman–Crippen LogP) is 1.12. The molecule has 1 aliphatic carbocycles. The van der Waals surface area contributed by atoms with Gasteiger partial charge in [0.15, 0.2) is 0 Å². The third kappa shape index (κ3) is 1.90. The molecule has 88 valence electrons. The van der Waals surface area contributed by atoms with E-state index in [1.54, 1.807) is 6.33 Å². The average molecular weight is 221 g/mol. The highest BCUT2D eigenvalue weighted by molar-refractivity contribution is 5.65. The summed E-state index contributed by atoms with van der Waals surface area (Å²) in [4.78, 5) is 4.18. The fraction of sp³-hybridized carbons (Fsp3) is 0.583. The molecule has 1 aromatic rings. The van der Waals surface area contributed by atoms with E-state index in [9.17, 15) is 5.11 Å². The first-order valence-electron chi connectivity index (χ1n) is 5.63. The topological polar surface area (TPSA) is 64.1 Å². The minimum absolute atomic E-state index is 0.0929. The second-order valence-electron chi connectivity index (χ2n) is 5.05. The third-order valence-electron chi connectivity index (χ3n) is 3.16. The van der Waals surface area contributed by atoms with Crippen LogP contribution in [0.3, 0.4) is 0 Å². The molecule has 0 fully saturated rings. The van der Waals surface area contributed by atoms with Crippen molar-refractivity contribution in [3.63, 3.8) is 0 Å². The Hall–Kier alpha value is -1.13. The summed E-state index contributed by atoms with van der Waals surface area (Å²) >= 11 is 0. The quantitative estimate of drug-likeness (QED) is 0.803. The molecule has 0 amide bonds. The van der Waals surface area contributed by atoms with Crippen LogP contribution in [0.1, 0.15) is 32.4 Å². The van der Waals surface area contributed by atoms with E-state index in [-0.39, 0.29) is 18.2 Å². The first-order chi connectivity index (χ1) is 7.54. The van der Waals surface area contributed by atoms with Gasteiger partial charge in [-0.15, -0.1) is 0 Å². The van der Waals surface area contributed by atoms with Crippen molar-refractivity contribution in [3.8, 4) is 0 Å². The van der Waals surface area contributed by atoms with Gasteiger partial charge in [0.25, 0.3) is 0 Å². The molecule has 4 heteroatoms. The normalized spacial score (nSPS) is 21.2. The SMILES string of the molecule is CC(C)(CO)n1cncc1C1=CCC(N)C1. The van der Waals surface area contributed by atoms with Crippen molar-refractivity contribution < 1.29 is 5.11 Å². The van der Waals surface area contributed by atoms with Crippen LogP contribution >= 0.6 is 0 Å². The van der Waals surface area contributed by atoms with Crippen molar-refractivity contribution in [2.24, 2.45) is 5.73 Å². The first kappa shape index (κ1) is 11.4. The molecule has 1 aliphatic rings. The van der Waals surface area contributed by atoms with Crippen LogP contribution in [0.2, 0.25) is 0 Å². The molecule has 0 saturated heterocycles. The molecule has 0 saturated carbocycles. The maximum absolute atomic E-state index is 9.39. The number of rotatable bonds is 3. The maximum Gasteiger partial charge on any atom is 0.0956 e. The lowest BCUT2D eigenvalue weighted by Crippen LogP contribution is -2.31. The van der Waals surface area contributed by atoms with Crippen LogP contribution < -0.4 is 5.73 Å². The van der Waals surface area contributed by atoms with E-state index in [2.05, 4.69) is 11.1 Å². The minimum atomic E-state index is -0.320. The number of aromatic nitrogens is 2. The molecule has 0 spiro atoms. The second-order valence-corrected chi connectivity index (χ2v) is 5.05. The van der Waals surface area contributed by atoms with Crippen molar-refractivity contribution in [2.45, 2.75) is 38.3 Å². The third-order valence-corrected chi connectivity index (χ3v) is 3.16. The summed E-state index contributed by atoms with van der Waals surface area (Å²) in [5.41, 5.74) is 7.89. The van der Waals surface area contributed by atoms with E-state index in [4.69, 9.17) is 5.73 Å². The number of hydrogen-bond acceptors (Lipinski definition) is 3. The number of aliphatic hydroxyl groups excluding tert-OH is 1. The molecular formula is C12H19N3O. The second kappa shape index (κ2) is 4.03.